The Morgan fingerprint density at radius 2 is 1.79 bits per heavy atom. The fourth-order valence-electron chi connectivity index (χ4n) is 1.14. The minimum absolute atomic E-state index is 0.332. The van der Waals surface area contributed by atoms with E-state index in [-0.39, 0.29) is 0 Å². The first kappa shape index (κ1) is 13.9. The molecule has 0 aliphatic rings. The van der Waals surface area contributed by atoms with E-state index in [1.807, 2.05) is 0 Å². The maximum atomic E-state index is 5.10. The minimum atomic E-state index is 0.332. The Bertz CT molecular complexity index is 143. The van der Waals surface area contributed by atoms with Gasteiger partial charge in [-0.15, -0.1) is 0 Å². The summed E-state index contributed by atoms with van der Waals surface area (Å²) < 4.78 is 5.10. The fraction of sp³-hybridized carbons (Fsp3) is 1.00. The van der Waals surface area contributed by atoms with Gasteiger partial charge in [-0.2, -0.15) is 0 Å². The molecular weight excluding hydrogens is 174 g/mol. The Hall–Kier alpha value is -0.0800. The first-order valence-corrected chi connectivity index (χ1v) is 5.61. The molecule has 0 amide bonds. The summed E-state index contributed by atoms with van der Waals surface area (Å²) in [6.45, 7) is 13.2. The van der Waals surface area contributed by atoms with E-state index in [1.165, 1.54) is 0 Å². The van der Waals surface area contributed by atoms with Gasteiger partial charge in [0.05, 0.1) is 0 Å². The molecule has 0 heterocycles. The van der Waals surface area contributed by atoms with Gasteiger partial charge < -0.3 is 10.1 Å². The van der Waals surface area contributed by atoms with E-state index in [2.05, 4.69) is 39.9 Å². The van der Waals surface area contributed by atoms with Crippen LogP contribution in [0.15, 0.2) is 0 Å². The number of ether oxygens (including phenoxy) is 1. The molecule has 0 rings (SSSR count). The van der Waals surface area contributed by atoms with E-state index in [1.54, 1.807) is 7.11 Å². The summed E-state index contributed by atoms with van der Waals surface area (Å²) in [5.74, 6) is 0.702. The Balaban J connectivity index is 3.74. The molecule has 2 nitrogen and oxygen atoms in total. The van der Waals surface area contributed by atoms with Gasteiger partial charge in [0.2, 0.25) is 0 Å². The van der Waals surface area contributed by atoms with E-state index in [0.29, 0.717) is 17.4 Å². The predicted molar refractivity (Wildman–Crippen MR) is 62.6 cm³/mol. The zero-order chi connectivity index (χ0) is 11.2. The lowest BCUT2D eigenvalue weighted by atomic mass is 9.89. The molecule has 14 heavy (non-hydrogen) atoms. The lowest BCUT2D eigenvalue weighted by Gasteiger charge is -2.28. The van der Waals surface area contributed by atoms with E-state index < -0.39 is 0 Å². The van der Waals surface area contributed by atoms with Gasteiger partial charge in [0, 0.05) is 26.3 Å². The molecule has 0 saturated heterocycles. The number of rotatable bonds is 7. The molecule has 0 aliphatic carbocycles. The van der Waals surface area contributed by atoms with Crippen molar-refractivity contribution in [1.82, 2.24) is 5.32 Å². The molecular formula is C12H27NO. The molecule has 0 aromatic heterocycles. The summed E-state index contributed by atoms with van der Waals surface area (Å²) in [6.07, 6.45) is 1.11. The van der Waals surface area contributed by atoms with Crippen molar-refractivity contribution in [3.8, 4) is 0 Å². The van der Waals surface area contributed by atoms with Crippen molar-refractivity contribution >= 4 is 0 Å². The van der Waals surface area contributed by atoms with E-state index in [0.717, 1.165) is 19.6 Å². The summed E-state index contributed by atoms with van der Waals surface area (Å²) in [4.78, 5) is 0. The van der Waals surface area contributed by atoms with Gasteiger partial charge in [0.15, 0.2) is 0 Å². The third-order valence-electron chi connectivity index (χ3n) is 2.89. The summed E-state index contributed by atoms with van der Waals surface area (Å²) >= 11 is 0. The second-order valence-corrected chi connectivity index (χ2v) is 5.32. The van der Waals surface area contributed by atoms with Crippen LogP contribution < -0.4 is 5.32 Å². The van der Waals surface area contributed by atoms with Crippen LogP contribution in [0, 0.1) is 11.3 Å². The van der Waals surface area contributed by atoms with Crippen molar-refractivity contribution in [3.63, 3.8) is 0 Å². The second-order valence-electron chi connectivity index (χ2n) is 5.32. The van der Waals surface area contributed by atoms with Gasteiger partial charge in [-0.25, -0.2) is 0 Å². The van der Waals surface area contributed by atoms with Gasteiger partial charge in [-0.1, -0.05) is 27.7 Å². The van der Waals surface area contributed by atoms with Crippen LogP contribution in [-0.2, 0) is 4.74 Å². The summed E-state index contributed by atoms with van der Waals surface area (Å²) in [6, 6.07) is 0.594. The van der Waals surface area contributed by atoms with Crippen molar-refractivity contribution in [2.45, 2.75) is 47.1 Å². The van der Waals surface area contributed by atoms with Gasteiger partial charge in [-0.05, 0) is 24.7 Å². The van der Waals surface area contributed by atoms with Crippen LogP contribution in [0.2, 0.25) is 0 Å². The lowest BCUT2D eigenvalue weighted by Crippen LogP contribution is -2.38. The molecule has 2 heteroatoms. The molecule has 1 N–H and O–H groups in total. The van der Waals surface area contributed by atoms with Crippen LogP contribution in [0.3, 0.4) is 0 Å². The van der Waals surface area contributed by atoms with Crippen LogP contribution in [0.5, 0.6) is 0 Å². The molecule has 1 atom stereocenters. The highest BCUT2D eigenvalue weighted by Gasteiger charge is 2.18. The van der Waals surface area contributed by atoms with E-state index >= 15 is 0 Å². The molecule has 1 unspecified atom stereocenters. The SMILES string of the molecule is COCCC(C)(C)CNC(C)C(C)C. The number of nitrogens with one attached hydrogen (secondary N) is 1. The van der Waals surface area contributed by atoms with Crippen molar-refractivity contribution < 1.29 is 4.74 Å². The van der Waals surface area contributed by atoms with Crippen molar-refractivity contribution in [1.29, 1.82) is 0 Å². The van der Waals surface area contributed by atoms with Crippen LogP contribution in [0.4, 0.5) is 0 Å². The monoisotopic (exact) mass is 201 g/mol. The zero-order valence-electron chi connectivity index (χ0n) is 10.7. The maximum Gasteiger partial charge on any atom is 0.0467 e. The number of methoxy groups -OCH3 is 1. The van der Waals surface area contributed by atoms with Crippen LogP contribution in [-0.4, -0.2) is 26.3 Å². The van der Waals surface area contributed by atoms with Crippen molar-refractivity contribution in [3.05, 3.63) is 0 Å². The highest BCUT2D eigenvalue weighted by atomic mass is 16.5. The predicted octanol–water partition coefficient (Wildman–Crippen LogP) is 2.68. The summed E-state index contributed by atoms with van der Waals surface area (Å²) in [7, 11) is 1.76. The summed E-state index contributed by atoms with van der Waals surface area (Å²) in [5.41, 5.74) is 0.332. The van der Waals surface area contributed by atoms with Gasteiger partial charge in [0.1, 0.15) is 0 Å². The second kappa shape index (κ2) is 6.41. The third-order valence-corrected chi connectivity index (χ3v) is 2.89. The number of hydrogen-bond acceptors (Lipinski definition) is 2. The van der Waals surface area contributed by atoms with Gasteiger partial charge in [-0.3, -0.25) is 0 Å². The molecule has 0 radical (unpaired) electrons. The van der Waals surface area contributed by atoms with Gasteiger partial charge in [0.25, 0.3) is 0 Å². The highest BCUT2D eigenvalue weighted by Crippen LogP contribution is 2.19. The molecule has 86 valence electrons. The lowest BCUT2D eigenvalue weighted by molar-refractivity contribution is 0.148. The topological polar surface area (TPSA) is 21.3 Å². The van der Waals surface area contributed by atoms with Crippen molar-refractivity contribution in [2.75, 3.05) is 20.3 Å². The Kier molecular flexibility index (Phi) is 6.38. The Morgan fingerprint density at radius 1 is 1.21 bits per heavy atom. The summed E-state index contributed by atoms with van der Waals surface area (Å²) in [5, 5.41) is 3.58. The van der Waals surface area contributed by atoms with Crippen LogP contribution in [0.25, 0.3) is 0 Å². The maximum absolute atomic E-state index is 5.10. The zero-order valence-corrected chi connectivity index (χ0v) is 10.7. The molecule has 0 saturated carbocycles. The highest BCUT2D eigenvalue weighted by molar-refractivity contribution is 4.74. The normalized spacial score (nSPS) is 14.8. The quantitative estimate of drug-likeness (QED) is 0.684. The fourth-order valence-corrected chi connectivity index (χ4v) is 1.14. The molecule has 0 aromatic carbocycles. The molecule has 0 spiro atoms. The largest absolute Gasteiger partial charge is 0.385 e. The first-order valence-electron chi connectivity index (χ1n) is 5.61. The number of hydrogen-bond donors (Lipinski definition) is 1. The van der Waals surface area contributed by atoms with Crippen LogP contribution >= 0.6 is 0 Å². The third kappa shape index (κ3) is 6.39. The van der Waals surface area contributed by atoms with Crippen molar-refractivity contribution in [2.24, 2.45) is 11.3 Å². The smallest absolute Gasteiger partial charge is 0.0467 e. The average Bonchev–Trinajstić information content (AvgIpc) is 2.11. The van der Waals surface area contributed by atoms with E-state index in [4.69, 9.17) is 4.74 Å². The first-order chi connectivity index (χ1) is 6.39. The molecule has 0 bridgehead atoms. The van der Waals surface area contributed by atoms with Crippen LogP contribution in [0.1, 0.15) is 41.0 Å². The standard InChI is InChI=1S/C12H27NO/c1-10(2)11(3)13-9-12(4,5)7-8-14-6/h10-11,13H,7-9H2,1-6H3. The Morgan fingerprint density at radius 3 is 2.21 bits per heavy atom. The molecule has 0 aliphatic heterocycles. The Labute approximate surface area is 89.4 Å². The van der Waals surface area contributed by atoms with Gasteiger partial charge >= 0.3 is 0 Å². The molecule has 0 fully saturated rings. The minimum Gasteiger partial charge on any atom is -0.385 e. The molecule has 0 aromatic rings. The average molecular weight is 201 g/mol. The van der Waals surface area contributed by atoms with E-state index in [9.17, 15) is 0 Å².